The summed E-state index contributed by atoms with van der Waals surface area (Å²) in [5.74, 6) is 1.27. The zero-order chi connectivity index (χ0) is 22.0. The van der Waals surface area contributed by atoms with E-state index in [1.165, 1.54) is 0 Å². The molecule has 164 valence electrons. The lowest BCUT2D eigenvalue weighted by atomic mass is 10.1. The molecule has 1 aliphatic rings. The number of hydrogen-bond acceptors (Lipinski definition) is 8. The molecule has 10 heteroatoms. The van der Waals surface area contributed by atoms with E-state index in [2.05, 4.69) is 46.5 Å². The molecule has 0 saturated carbocycles. The van der Waals surface area contributed by atoms with Gasteiger partial charge in [0.1, 0.15) is 6.33 Å². The average Bonchev–Trinajstić information content (AvgIpc) is 3.58. The van der Waals surface area contributed by atoms with Gasteiger partial charge in [-0.15, -0.1) is 5.10 Å². The van der Waals surface area contributed by atoms with Gasteiger partial charge in [-0.05, 0) is 42.0 Å². The molecule has 0 atom stereocenters. The smallest absolute Gasteiger partial charge is 0.245 e. The van der Waals surface area contributed by atoms with Gasteiger partial charge in [-0.2, -0.15) is 10.1 Å². The molecule has 6 rings (SSSR count). The second-order valence-corrected chi connectivity index (χ2v) is 7.71. The Kier molecular flexibility index (Phi) is 4.89. The van der Waals surface area contributed by atoms with E-state index in [0.29, 0.717) is 19.2 Å². The van der Waals surface area contributed by atoms with Crippen LogP contribution in [-0.2, 0) is 4.74 Å². The minimum atomic E-state index is 0.543. The van der Waals surface area contributed by atoms with Crippen LogP contribution in [-0.4, -0.2) is 61.2 Å². The Bertz CT molecular complexity index is 1370. The lowest BCUT2D eigenvalue weighted by molar-refractivity contribution is 0.122. The number of nitrogens with zero attached hydrogens (tertiary/aromatic N) is 7. The lowest BCUT2D eigenvalue weighted by Crippen LogP contribution is -2.37. The van der Waals surface area contributed by atoms with E-state index >= 15 is 0 Å². The molecule has 1 saturated heterocycles. The second kappa shape index (κ2) is 8.32. The third-order valence-corrected chi connectivity index (χ3v) is 5.57. The average molecular weight is 439 g/mol. The molecule has 0 unspecified atom stereocenters. The van der Waals surface area contributed by atoms with Gasteiger partial charge in [0.2, 0.25) is 11.9 Å². The van der Waals surface area contributed by atoms with Gasteiger partial charge in [0.25, 0.3) is 0 Å². The molecular weight excluding hydrogens is 418 g/mol. The highest BCUT2D eigenvalue weighted by molar-refractivity contribution is 5.84. The maximum absolute atomic E-state index is 5.39. The number of aromatic amines is 1. The molecule has 5 aromatic rings. The van der Waals surface area contributed by atoms with Crippen LogP contribution in [0.15, 0.2) is 67.4 Å². The van der Waals surface area contributed by atoms with Crippen LogP contribution >= 0.6 is 0 Å². The Morgan fingerprint density at radius 2 is 1.82 bits per heavy atom. The fourth-order valence-corrected chi connectivity index (χ4v) is 3.80. The quantitative estimate of drug-likeness (QED) is 0.430. The molecular formula is C23H21N9O. The zero-order valence-electron chi connectivity index (χ0n) is 17.7. The molecule has 0 spiro atoms. The Labute approximate surface area is 189 Å². The van der Waals surface area contributed by atoms with E-state index in [1.807, 2.05) is 48.8 Å². The van der Waals surface area contributed by atoms with Crippen LogP contribution in [0.1, 0.15) is 0 Å². The van der Waals surface area contributed by atoms with Crippen molar-refractivity contribution in [2.45, 2.75) is 0 Å². The van der Waals surface area contributed by atoms with Crippen molar-refractivity contribution in [2.75, 3.05) is 36.5 Å². The predicted octanol–water partition coefficient (Wildman–Crippen LogP) is 3.18. The largest absolute Gasteiger partial charge is 0.378 e. The van der Waals surface area contributed by atoms with E-state index in [1.54, 1.807) is 17.2 Å². The van der Waals surface area contributed by atoms with Gasteiger partial charge in [0, 0.05) is 42.1 Å². The number of H-pyrrole nitrogens is 1. The summed E-state index contributed by atoms with van der Waals surface area (Å²) < 4.78 is 7.17. The van der Waals surface area contributed by atoms with Crippen molar-refractivity contribution in [3.8, 4) is 16.8 Å². The molecule has 3 aromatic heterocycles. The Hall–Kier alpha value is -4.31. The fourth-order valence-electron chi connectivity index (χ4n) is 3.80. The predicted molar refractivity (Wildman–Crippen MR) is 125 cm³/mol. The molecule has 0 amide bonds. The van der Waals surface area contributed by atoms with Gasteiger partial charge < -0.3 is 15.0 Å². The molecule has 1 fully saturated rings. The number of nitrogens with one attached hydrogen (secondary N) is 2. The van der Waals surface area contributed by atoms with Crippen LogP contribution in [0.3, 0.4) is 0 Å². The summed E-state index contributed by atoms with van der Waals surface area (Å²) >= 11 is 0. The standard InChI is InChI=1S/C23H21N9O/c1-6-21-17(11-16(1)18-13-26-27-14-18)12-24-22(29-21)28-19-2-4-20(5-3-19)32-15-25-23(30-32)31-7-9-33-10-8-31/h1-6,11-15H,7-10H2,(H,26,27)(H,24,28,29). The highest BCUT2D eigenvalue weighted by atomic mass is 16.5. The monoisotopic (exact) mass is 439 g/mol. The first kappa shape index (κ1) is 19.4. The fraction of sp³-hybridized carbons (Fsp3) is 0.174. The number of anilines is 3. The summed E-state index contributed by atoms with van der Waals surface area (Å²) in [6.07, 6.45) is 7.22. The molecule has 0 bridgehead atoms. The van der Waals surface area contributed by atoms with Crippen molar-refractivity contribution in [1.29, 1.82) is 0 Å². The first-order valence-corrected chi connectivity index (χ1v) is 10.7. The van der Waals surface area contributed by atoms with Gasteiger partial charge in [0.05, 0.1) is 30.6 Å². The second-order valence-electron chi connectivity index (χ2n) is 7.71. The summed E-state index contributed by atoms with van der Waals surface area (Å²) in [7, 11) is 0. The lowest BCUT2D eigenvalue weighted by Gasteiger charge is -2.25. The van der Waals surface area contributed by atoms with Crippen LogP contribution in [0, 0.1) is 0 Å². The zero-order valence-corrected chi connectivity index (χ0v) is 17.7. The maximum atomic E-state index is 5.39. The minimum absolute atomic E-state index is 0.543. The molecule has 2 aromatic carbocycles. The van der Waals surface area contributed by atoms with Crippen molar-refractivity contribution in [1.82, 2.24) is 34.9 Å². The highest BCUT2D eigenvalue weighted by Crippen LogP contribution is 2.24. The first-order chi connectivity index (χ1) is 16.3. The summed E-state index contributed by atoms with van der Waals surface area (Å²) in [4.78, 5) is 15.7. The van der Waals surface area contributed by atoms with E-state index in [-0.39, 0.29) is 0 Å². The Morgan fingerprint density at radius 1 is 0.939 bits per heavy atom. The van der Waals surface area contributed by atoms with Crippen molar-refractivity contribution in [3.63, 3.8) is 0 Å². The van der Waals surface area contributed by atoms with Crippen LogP contribution < -0.4 is 10.2 Å². The maximum Gasteiger partial charge on any atom is 0.245 e. The van der Waals surface area contributed by atoms with E-state index < -0.39 is 0 Å². The molecule has 0 radical (unpaired) electrons. The van der Waals surface area contributed by atoms with Crippen molar-refractivity contribution in [2.24, 2.45) is 0 Å². The van der Waals surface area contributed by atoms with Gasteiger partial charge >= 0.3 is 0 Å². The molecule has 4 heterocycles. The minimum Gasteiger partial charge on any atom is -0.378 e. The Morgan fingerprint density at radius 3 is 2.64 bits per heavy atom. The summed E-state index contributed by atoms with van der Waals surface area (Å²) in [6, 6.07) is 14.0. The number of rotatable bonds is 5. The number of ether oxygens (including phenoxy) is 1. The van der Waals surface area contributed by atoms with Gasteiger partial charge in [-0.3, -0.25) is 5.10 Å². The van der Waals surface area contributed by atoms with Crippen molar-refractivity contribution < 1.29 is 4.74 Å². The normalized spacial score (nSPS) is 14.0. The third kappa shape index (κ3) is 3.99. The van der Waals surface area contributed by atoms with Crippen LogP contribution in [0.2, 0.25) is 0 Å². The van der Waals surface area contributed by atoms with E-state index in [4.69, 9.17) is 4.74 Å². The first-order valence-electron chi connectivity index (χ1n) is 10.7. The van der Waals surface area contributed by atoms with Crippen molar-refractivity contribution in [3.05, 3.63) is 67.4 Å². The van der Waals surface area contributed by atoms with Crippen LogP contribution in [0.4, 0.5) is 17.6 Å². The number of fused-ring (bicyclic) bond motifs is 1. The summed E-state index contributed by atoms with van der Waals surface area (Å²) in [6.45, 7) is 3.03. The summed E-state index contributed by atoms with van der Waals surface area (Å²) in [5.41, 5.74) is 4.79. The molecule has 1 aliphatic heterocycles. The van der Waals surface area contributed by atoms with Crippen LogP contribution in [0.5, 0.6) is 0 Å². The SMILES string of the molecule is c1cc(-n2cnc(N3CCOCC3)n2)ccc1Nc1ncc2cc(-c3cn[nH]c3)ccc2n1. The number of hydrogen-bond donors (Lipinski definition) is 2. The third-order valence-electron chi connectivity index (χ3n) is 5.57. The molecule has 10 nitrogen and oxygen atoms in total. The molecule has 2 N–H and O–H groups in total. The topological polar surface area (TPSA) is 110 Å². The van der Waals surface area contributed by atoms with Crippen LogP contribution in [0.25, 0.3) is 27.7 Å². The number of aromatic nitrogens is 7. The molecule has 33 heavy (non-hydrogen) atoms. The summed E-state index contributed by atoms with van der Waals surface area (Å²) in [5, 5.41) is 15.7. The highest BCUT2D eigenvalue weighted by Gasteiger charge is 2.15. The number of morpholine rings is 1. The molecule has 0 aliphatic carbocycles. The van der Waals surface area contributed by atoms with Gasteiger partial charge in [-0.25, -0.2) is 14.6 Å². The van der Waals surface area contributed by atoms with E-state index in [0.717, 1.165) is 52.4 Å². The Balaban J connectivity index is 1.17. The van der Waals surface area contributed by atoms with Crippen molar-refractivity contribution >= 4 is 28.5 Å². The van der Waals surface area contributed by atoms with E-state index in [9.17, 15) is 0 Å². The van der Waals surface area contributed by atoms with Gasteiger partial charge in [-0.1, -0.05) is 6.07 Å². The number of benzene rings is 2. The van der Waals surface area contributed by atoms with Gasteiger partial charge in [0.15, 0.2) is 0 Å².